The molecule has 0 N–H and O–H groups in total. The average molecular weight is 252 g/mol. The number of carbonyl (C=O) groups excluding carboxylic acids is 1. The van der Waals surface area contributed by atoms with Gasteiger partial charge in [0.1, 0.15) is 11.6 Å². The second-order valence-corrected chi connectivity index (χ2v) is 3.70. The van der Waals surface area contributed by atoms with Crippen LogP contribution in [-0.2, 0) is 9.53 Å². The lowest BCUT2D eigenvalue weighted by Crippen LogP contribution is -1.99. The number of esters is 1. The van der Waals surface area contributed by atoms with E-state index < -0.39 is 11.6 Å². The highest BCUT2D eigenvalue weighted by Gasteiger charge is 2.03. The molecule has 2 nitrogen and oxygen atoms in total. The van der Waals surface area contributed by atoms with Gasteiger partial charge >= 0.3 is 5.97 Å². The van der Waals surface area contributed by atoms with Crippen LogP contribution in [0.2, 0.25) is 0 Å². The van der Waals surface area contributed by atoms with Gasteiger partial charge in [-0.15, -0.1) is 0 Å². The van der Waals surface area contributed by atoms with Crippen LogP contribution in [0.4, 0.5) is 8.78 Å². The third-order valence-electron chi connectivity index (χ3n) is 2.18. The van der Waals surface area contributed by atoms with E-state index in [1.807, 2.05) is 0 Å². The first-order chi connectivity index (χ1) is 8.61. The predicted molar refractivity (Wildman–Crippen MR) is 63.7 cm³/mol. The molecule has 96 valence electrons. The van der Waals surface area contributed by atoms with Gasteiger partial charge in [0.2, 0.25) is 0 Å². The number of carbonyl (C=O) groups is 1. The van der Waals surface area contributed by atoms with Crippen molar-refractivity contribution in [3.8, 4) is 11.8 Å². The average Bonchev–Trinajstić information content (AvgIpc) is 2.30. The minimum atomic E-state index is -0.651. The van der Waals surface area contributed by atoms with Crippen LogP contribution in [0.15, 0.2) is 18.2 Å². The van der Waals surface area contributed by atoms with Crippen LogP contribution in [0.3, 0.4) is 0 Å². The SMILES string of the molecule is CC(=O)OCCCCC#Cc1c(F)cccc1F. The summed E-state index contributed by atoms with van der Waals surface area (Å²) < 4.78 is 31.1. The zero-order valence-electron chi connectivity index (χ0n) is 10.1. The second-order valence-electron chi connectivity index (χ2n) is 3.70. The minimum absolute atomic E-state index is 0.197. The Bertz CT molecular complexity index is 452. The van der Waals surface area contributed by atoms with Crippen molar-refractivity contribution in [2.24, 2.45) is 0 Å². The highest BCUT2D eigenvalue weighted by Crippen LogP contribution is 2.10. The topological polar surface area (TPSA) is 26.3 Å². The van der Waals surface area contributed by atoms with Gasteiger partial charge in [-0.3, -0.25) is 4.79 Å². The van der Waals surface area contributed by atoms with Gasteiger partial charge in [0, 0.05) is 13.3 Å². The van der Waals surface area contributed by atoms with E-state index in [2.05, 4.69) is 11.8 Å². The Labute approximate surface area is 105 Å². The Hall–Kier alpha value is -1.89. The molecule has 1 aromatic carbocycles. The molecule has 0 atom stereocenters. The summed E-state index contributed by atoms with van der Waals surface area (Å²) in [5.74, 6) is 3.56. The van der Waals surface area contributed by atoms with Crippen LogP contribution >= 0.6 is 0 Å². The van der Waals surface area contributed by atoms with E-state index >= 15 is 0 Å². The summed E-state index contributed by atoms with van der Waals surface area (Å²) in [5.41, 5.74) is -0.197. The molecule has 0 amide bonds. The van der Waals surface area contributed by atoms with Crippen molar-refractivity contribution in [2.75, 3.05) is 6.61 Å². The van der Waals surface area contributed by atoms with E-state index in [9.17, 15) is 13.6 Å². The van der Waals surface area contributed by atoms with Crippen LogP contribution in [0.1, 0.15) is 31.7 Å². The second kappa shape index (κ2) is 7.44. The van der Waals surface area contributed by atoms with Gasteiger partial charge < -0.3 is 4.74 Å². The standard InChI is InChI=1S/C14H14F2O2/c1-11(17)18-10-5-3-2-4-7-12-13(15)8-6-9-14(12)16/h6,8-9H,2-3,5,10H2,1H3. The summed E-state index contributed by atoms with van der Waals surface area (Å²) in [6.07, 6.45) is 1.92. The Kier molecular flexibility index (Phi) is 5.86. The summed E-state index contributed by atoms with van der Waals surface area (Å²) in [5, 5.41) is 0. The molecule has 18 heavy (non-hydrogen) atoms. The summed E-state index contributed by atoms with van der Waals surface area (Å²) in [6.45, 7) is 1.70. The molecular formula is C14H14F2O2. The van der Waals surface area contributed by atoms with Crippen LogP contribution < -0.4 is 0 Å². The van der Waals surface area contributed by atoms with E-state index in [4.69, 9.17) is 4.74 Å². The van der Waals surface area contributed by atoms with Crippen LogP contribution in [0, 0.1) is 23.5 Å². The predicted octanol–water partition coefficient (Wildman–Crippen LogP) is 3.05. The number of benzene rings is 1. The van der Waals surface area contributed by atoms with E-state index in [1.165, 1.54) is 25.1 Å². The molecule has 0 heterocycles. The highest BCUT2D eigenvalue weighted by atomic mass is 19.1. The lowest BCUT2D eigenvalue weighted by atomic mass is 10.2. The van der Waals surface area contributed by atoms with E-state index in [-0.39, 0.29) is 11.5 Å². The molecule has 0 radical (unpaired) electrons. The number of rotatable bonds is 4. The Morgan fingerprint density at radius 1 is 1.28 bits per heavy atom. The molecular weight excluding hydrogens is 238 g/mol. The smallest absolute Gasteiger partial charge is 0.302 e. The van der Waals surface area contributed by atoms with Crippen molar-refractivity contribution in [2.45, 2.75) is 26.2 Å². The summed E-state index contributed by atoms with van der Waals surface area (Å²) in [4.78, 5) is 10.5. The fraction of sp³-hybridized carbons (Fsp3) is 0.357. The van der Waals surface area contributed by atoms with Gasteiger partial charge in [0.05, 0.1) is 12.2 Å². The monoisotopic (exact) mass is 252 g/mol. The maximum absolute atomic E-state index is 13.2. The normalized spacial score (nSPS) is 9.50. The molecule has 0 saturated carbocycles. The molecule has 1 aromatic rings. The fourth-order valence-electron chi connectivity index (χ4n) is 1.30. The maximum atomic E-state index is 13.2. The number of ether oxygens (including phenoxy) is 1. The Balaban J connectivity index is 2.36. The molecule has 0 unspecified atom stereocenters. The molecule has 1 rings (SSSR count). The number of unbranched alkanes of at least 4 members (excludes halogenated alkanes) is 2. The van der Waals surface area contributed by atoms with Gasteiger partial charge in [-0.2, -0.15) is 0 Å². The molecule has 0 aliphatic carbocycles. The first kappa shape index (κ1) is 14.2. The zero-order chi connectivity index (χ0) is 13.4. The quantitative estimate of drug-likeness (QED) is 0.467. The van der Waals surface area contributed by atoms with Crippen LogP contribution in [0.25, 0.3) is 0 Å². The molecule has 4 heteroatoms. The lowest BCUT2D eigenvalue weighted by molar-refractivity contribution is -0.141. The van der Waals surface area contributed by atoms with E-state index in [1.54, 1.807) is 0 Å². The lowest BCUT2D eigenvalue weighted by Gasteiger charge is -1.98. The highest BCUT2D eigenvalue weighted by molar-refractivity contribution is 5.65. The van der Waals surface area contributed by atoms with Crippen molar-refractivity contribution >= 4 is 5.97 Å². The van der Waals surface area contributed by atoms with Crippen molar-refractivity contribution in [1.82, 2.24) is 0 Å². The molecule has 0 saturated heterocycles. The van der Waals surface area contributed by atoms with Crippen LogP contribution in [-0.4, -0.2) is 12.6 Å². The molecule has 0 bridgehead atoms. The van der Waals surface area contributed by atoms with Gasteiger partial charge in [-0.05, 0) is 25.0 Å². The molecule has 0 aliphatic heterocycles. The third-order valence-corrected chi connectivity index (χ3v) is 2.18. The van der Waals surface area contributed by atoms with Gasteiger partial charge in [0.15, 0.2) is 0 Å². The van der Waals surface area contributed by atoms with Crippen molar-refractivity contribution in [3.63, 3.8) is 0 Å². The van der Waals surface area contributed by atoms with E-state index in [0.717, 1.165) is 6.42 Å². The van der Waals surface area contributed by atoms with Crippen molar-refractivity contribution < 1.29 is 18.3 Å². The maximum Gasteiger partial charge on any atom is 0.302 e. The Morgan fingerprint density at radius 2 is 1.94 bits per heavy atom. The summed E-state index contributed by atoms with van der Waals surface area (Å²) in [6, 6.07) is 3.65. The van der Waals surface area contributed by atoms with Gasteiger partial charge in [-0.1, -0.05) is 17.9 Å². The molecule has 0 fully saturated rings. The van der Waals surface area contributed by atoms with Crippen molar-refractivity contribution in [3.05, 3.63) is 35.4 Å². The van der Waals surface area contributed by atoms with Gasteiger partial charge in [-0.25, -0.2) is 8.78 Å². The van der Waals surface area contributed by atoms with Gasteiger partial charge in [0.25, 0.3) is 0 Å². The minimum Gasteiger partial charge on any atom is -0.466 e. The largest absolute Gasteiger partial charge is 0.466 e. The molecule has 0 aliphatic rings. The first-order valence-corrected chi connectivity index (χ1v) is 5.67. The Morgan fingerprint density at radius 3 is 2.56 bits per heavy atom. The van der Waals surface area contributed by atoms with E-state index in [0.29, 0.717) is 19.4 Å². The number of halogens is 2. The molecule has 0 aromatic heterocycles. The number of hydrogen-bond donors (Lipinski definition) is 0. The molecule has 0 spiro atoms. The van der Waals surface area contributed by atoms with Crippen LogP contribution in [0.5, 0.6) is 0 Å². The van der Waals surface area contributed by atoms with Crippen molar-refractivity contribution in [1.29, 1.82) is 0 Å². The fourth-order valence-corrected chi connectivity index (χ4v) is 1.30. The first-order valence-electron chi connectivity index (χ1n) is 5.67. The third kappa shape index (κ3) is 4.96. The summed E-state index contributed by atoms with van der Waals surface area (Å²) >= 11 is 0. The summed E-state index contributed by atoms with van der Waals surface area (Å²) in [7, 11) is 0. The zero-order valence-corrected chi connectivity index (χ0v) is 10.1. The number of hydrogen-bond acceptors (Lipinski definition) is 2.